The Hall–Kier alpha value is -1.15. The normalized spacial score (nSPS) is 12.5. The summed E-state index contributed by atoms with van der Waals surface area (Å²) in [7, 11) is 0. The van der Waals surface area contributed by atoms with Gasteiger partial charge in [-0.15, -0.1) is 0 Å². The number of carbonyl (C=O) groups excluding carboxylic acids is 1. The van der Waals surface area contributed by atoms with E-state index < -0.39 is 6.04 Å². The highest BCUT2D eigenvalue weighted by atomic mass is 16.1. The summed E-state index contributed by atoms with van der Waals surface area (Å²) in [5.74, 6) is 0. The second kappa shape index (κ2) is 3.88. The molecule has 0 saturated carbocycles. The summed E-state index contributed by atoms with van der Waals surface area (Å²) >= 11 is 0. The molecule has 57 valence electrons. The molecule has 0 bridgehead atoms. The number of hydrogen-bond donors (Lipinski definition) is 1. The van der Waals surface area contributed by atoms with E-state index in [0.29, 0.717) is 6.42 Å². The number of aldehydes is 1. The first-order valence-corrected chi connectivity index (χ1v) is 3.49. The maximum atomic E-state index is 10.2. The third kappa shape index (κ3) is 2.51. The van der Waals surface area contributed by atoms with Gasteiger partial charge in [0.1, 0.15) is 6.29 Å². The summed E-state index contributed by atoms with van der Waals surface area (Å²) in [6.45, 7) is 0. The summed E-state index contributed by atoms with van der Waals surface area (Å²) < 4.78 is 0. The molecule has 0 aliphatic rings. The van der Waals surface area contributed by atoms with Crippen LogP contribution in [0.4, 0.5) is 0 Å². The van der Waals surface area contributed by atoms with Crippen LogP contribution >= 0.6 is 0 Å². The van der Waals surface area contributed by atoms with E-state index in [2.05, 4.69) is 6.07 Å². The summed E-state index contributed by atoms with van der Waals surface area (Å²) in [5.41, 5.74) is 6.40. The van der Waals surface area contributed by atoms with Crippen molar-refractivity contribution in [1.82, 2.24) is 0 Å². The lowest BCUT2D eigenvalue weighted by molar-refractivity contribution is -0.108. The monoisotopic (exact) mass is 148 g/mol. The lowest BCUT2D eigenvalue weighted by Gasteiger charge is -2.01. The van der Waals surface area contributed by atoms with Gasteiger partial charge in [0.05, 0.1) is 6.04 Å². The van der Waals surface area contributed by atoms with Crippen LogP contribution < -0.4 is 5.73 Å². The van der Waals surface area contributed by atoms with Crippen molar-refractivity contribution in [2.45, 2.75) is 12.5 Å². The summed E-state index contributed by atoms with van der Waals surface area (Å²) in [5, 5.41) is 0. The fourth-order valence-corrected chi connectivity index (χ4v) is 0.860. The Kier molecular flexibility index (Phi) is 2.81. The van der Waals surface area contributed by atoms with Crippen LogP contribution in [0.5, 0.6) is 0 Å². The highest BCUT2D eigenvalue weighted by molar-refractivity contribution is 5.57. The van der Waals surface area contributed by atoms with Gasteiger partial charge in [-0.25, -0.2) is 0 Å². The Balaban J connectivity index is 2.57. The van der Waals surface area contributed by atoms with E-state index in [1.165, 1.54) is 0 Å². The number of benzene rings is 1. The molecule has 0 spiro atoms. The van der Waals surface area contributed by atoms with Gasteiger partial charge < -0.3 is 10.5 Å². The minimum absolute atomic E-state index is 0.395. The summed E-state index contributed by atoms with van der Waals surface area (Å²) in [6, 6.07) is 10.1. The topological polar surface area (TPSA) is 43.1 Å². The number of nitrogens with two attached hydrogens (primary N) is 1. The average Bonchev–Trinajstić information content (AvgIpc) is 2.06. The van der Waals surface area contributed by atoms with Gasteiger partial charge >= 0.3 is 0 Å². The van der Waals surface area contributed by atoms with E-state index >= 15 is 0 Å². The maximum Gasteiger partial charge on any atom is 0.137 e. The average molecular weight is 148 g/mol. The van der Waals surface area contributed by atoms with Gasteiger partial charge in [0.25, 0.3) is 0 Å². The van der Waals surface area contributed by atoms with Crippen molar-refractivity contribution in [2.75, 3.05) is 0 Å². The predicted octanol–water partition coefficient (Wildman–Crippen LogP) is 0.555. The Morgan fingerprint density at radius 2 is 2.45 bits per heavy atom. The van der Waals surface area contributed by atoms with Crippen LogP contribution in [0.3, 0.4) is 0 Å². The van der Waals surface area contributed by atoms with Gasteiger partial charge in [-0.3, -0.25) is 0 Å². The third-order valence-corrected chi connectivity index (χ3v) is 1.40. The Morgan fingerprint density at radius 3 is 3.00 bits per heavy atom. The summed E-state index contributed by atoms with van der Waals surface area (Å²) in [6.07, 6.45) is 1.32. The Bertz CT molecular complexity index is 220. The van der Waals surface area contributed by atoms with Crippen molar-refractivity contribution in [3.05, 3.63) is 35.9 Å². The van der Waals surface area contributed by atoms with Crippen LogP contribution in [0.1, 0.15) is 5.56 Å². The van der Waals surface area contributed by atoms with Crippen molar-refractivity contribution in [2.24, 2.45) is 5.73 Å². The van der Waals surface area contributed by atoms with Crippen molar-refractivity contribution < 1.29 is 4.79 Å². The zero-order chi connectivity index (χ0) is 8.10. The van der Waals surface area contributed by atoms with Gasteiger partial charge in [0.2, 0.25) is 0 Å². The molecule has 1 atom stereocenters. The van der Waals surface area contributed by atoms with Gasteiger partial charge in [0.15, 0.2) is 0 Å². The van der Waals surface area contributed by atoms with Gasteiger partial charge in [-0.05, 0) is 18.1 Å². The van der Waals surface area contributed by atoms with E-state index in [4.69, 9.17) is 5.73 Å². The van der Waals surface area contributed by atoms with Crippen molar-refractivity contribution >= 4 is 6.29 Å². The first kappa shape index (κ1) is 7.95. The van der Waals surface area contributed by atoms with Crippen LogP contribution in [-0.2, 0) is 11.2 Å². The van der Waals surface area contributed by atoms with Crippen LogP contribution in [-0.4, -0.2) is 12.3 Å². The fourth-order valence-electron chi connectivity index (χ4n) is 0.860. The van der Waals surface area contributed by atoms with Crippen molar-refractivity contribution in [1.29, 1.82) is 0 Å². The second-order valence-electron chi connectivity index (χ2n) is 2.39. The quantitative estimate of drug-likeness (QED) is 0.636. The highest BCUT2D eigenvalue weighted by Gasteiger charge is 1.99. The molecule has 0 heterocycles. The third-order valence-electron chi connectivity index (χ3n) is 1.40. The molecule has 1 aromatic carbocycles. The van der Waals surface area contributed by atoms with Crippen LogP contribution in [0.2, 0.25) is 0 Å². The van der Waals surface area contributed by atoms with E-state index in [1.807, 2.05) is 24.3 Å². The molecule has 0 aliphatic heterocycles. The molecule has 2 N–H and O–H groups in total. The van der Waals surface area contributed by atoms with Crippen molar-refractivity contribution in [3.8, 4) is 0 Å². The first-order chi connectivity index (χ1) is 5.33. The molecule has 1 radical (unpaired) electrons. The largest absolute Gasteiger partial charge is 0.321 e. The molecule has 1 rings (SSSR count). The molecule has 1 aromatic rings. The molecule has 0 fully saturated rings. The minimum atomic E-state index is -0.395. The number of carbonyl (C=O) groups is 1. The van der Waals surface area contributed by atoms with Crippen LogP contribution in [0.25, 0.3) is 0 Å². The maximum absolute atomic E-state index is 10.2. The first-order valence-electron chi connectivity index (χ1n) is 3.49. The minimum Gasteiger partial charge on any atom is -0.321 e. The molecule has 11 heavy (non-hydrogen) atoms. The lowest BCUT2D eigenvalue weighted by atomic mass is 10.1. The molecule has 0 aromatic heterocycles. The molecule has 2 heteroatoms. The number of hydrogen-bond acceptors (Lipinski definition) is 2. The zero-order valence-corrected chi connectivity index (χ0v) is 6.16. The summed E-state index contributed by atoms with van der Waals surface area (Å²) in [4.78, 5) is 10.2. The smallest absolute Gasteiger partial charge is 0.137 e. The van der Waals surface area contributed by atoms with Gasteiger partial charge in [-0.2, -0.15) is 0 Å². The van der Waals surface area contributed by atoms with Crippen molar-refractivity contribution in [3.63, 3.8) is 0 Å². The second-order valence-corrected chi connectivity index (χ2v) is 2.39. The standard InChI is InChI=1S/C9H10NO/c10-9(7-11)6-8-4-2-1-3-5-8/h1-4,7,9H,6,10H2/t9-/m0/s1. The SMILES string of the molecule is N[C@H](C=O)Cc1[c]cccc1. The predicted molar refractivity (Wildman–Crippen MR) is 43.0 cm³/mol. The van der Waals surface area contributed by atoms with Gasteiger partial charge in [-0.1, -0.05) is 24.3 Å². The zero-order valence-electron chi connectivity index (χ0n) is 6.16. The molecule has 0 unspecified atom stereocenters. The molecule has 0 aliphatic carbocycles. The van der Waals surface area contributed by atoms with E-state index in [-0.39, 0.29) is 0 Å². The molecular weight excluding hydrogens is 138 g/mol. The van der Waals surface area contributed by atoms with E-state index in [0.717, 1.165) is 11.8 Å². The number of rotatable bonds is 3. The molecular formula is C9H10NO. The van der Waals surface area contributed by atoms with Gasteiger partial charge in [0, 0.05) is 0 Å². The van der Waals surface area contributed by atoms with E-state index in [9.17, 15) is 4.79 Å². The molecule has 2 nitrogen and oxygen atoms in total. The Labute approximate surface area is 66.0 Å². The Morgan fingerprint density at radius 1 is 1.64 bits per heavy atom. The molecule has 0 saturated heterocycles. The highest BCUT2D eigenvalue weighted by Crippen LogP contribution is 1.98. The van der Waals surface area contributed by atoms with Crippen LogP contribution in [0, 0.1) is 6.07 Å². The fraction of sp³-hybridized carbons (Fsp3) is 0.222. The van der Waals surface area contributed by atoms with Crippen LogP contribution in [0.15, 0.2) is 24.3 Å². The lowest BCUT2D eigenvalue weighted by Crippen LogP contribution is -2.23. The molecule has 0 amide bonds. The van der Waals surface area contributed by atoms with E-state index in [1.54, 1.807) is 0 Å².